The fourth-order valence-corrected chi connectivity index (χ4v) is 5.73. The van der Waals surface area contributed by atoms with Crippen molar-refractivity contribution in [1.82, 2.24) is 4.98 Å². The highest BCUT2D eigenvalue weighted by atomic mass is 19.1. The molecule has 6 rings (SSSR count). The fraction of sp³-hybridized carbons (Fsp3) is 0.379. The van der Waals surface area contributed by atoms with Crippen LogP contribution < -0.4 is 14.4 Å². The molecule has 2 aromatic carbocycles. The van der Waals surface area contributed by atoms with Gasteiger partial charge in [-0.1, -0.05) is 12.1 Å². The number of carbonyl (C=O) groups is 1. The van der Waals surface area contributed by atoms with Crippen molar-refractivity contribution in [2.24, 2.45) is 0 Å². The van der Waals surface area contributed by atoms with Gasteiger partial charge in [0.05, 0.1) is 19.6 Å². The molecule has 0 saturated carbocycles. The van der Waals surface area contributed by atoms with Gasteiger partial charge in [-0.15, -0.1) is 0 Å². The van der Waals surface area contributed by atoms with Crippen LogP contribution in [-0.2, 0) is 16.0 Å². The SMILES string of the molecule is O=C(O)CC1COc2cc(O[C@@H]3CCc4c(-c5cccnc5N5CCCOCC5)ccc(F)c43)ccc21. The smallest absolute Gasteiger partial charge is 0.304 e. The second-order valence-electron chi connectivity index (χ2n) is 9.77. The summed E-state index contributed by atoms with van der Waals surface area (Å²) in [5.74, 6) is 0.836. The van der Waals surface area contributed by atoms with E-state index in [1.807, 2.05) is 24.3 Å². The van der Waals surface area contributed by atoms with Gasteiger partial charge in [-0.25, -0.2) is 9.37 Å². The number of hydrogen-bond donors (Lipinski definition) is 1. The molecule has 1 saturated heterocycles. The van der Waals surface area contributed by atoms with Gasteiger partial charge in [-0.2, -0.15) is 0 Å². The Labute approximate surface area is 214 Å². The Morgan fingerprint density at radius 2 is 2.08 bits per heavy atom. The summed E-state index contributed by atoms with van der Waals surface area (Å²) < 4.78 is 32.9. The minimum atomic E-state index is -0.850. The van der Waals surface area contributed by atoms with Crippen LogP contribution in [0.4, 0.5) is 10.2 Å². The first-order valence-electron chi connectivity index (χ1n) is 12.8. The number of rotatable bonds is 6. The molecule has 0 amide bonds. The van der Waals surface area contributed by atoms with E-state index in [2.05, 4.69) is 11.0 Å². The highest BCUT2D eigenvalue weighted by Crippen LogP contribution is 2.45. The third-order valence-electron chi connectivity index (χ3n) is 7.45. The van der Waals surface area contributed by atoms with E-state index in [4.69, 9.17) is 24.3 Å². The number of nitrogens with zero attached hydrogens (tertiary/aromatic N) is 2. The first-order valence-corrected chi connectivity index (χ1v) is 12.8. The summed E-state index contributed by atoms with van der Waals surface area (Å²) in [5.41, 5.74) is 4.42. The van der Waals surface area contributed by atoms with Gasteiger partial charge in [0, 0.05) is 54.6 Å². The zero-order chi connectivity index (χ0) is 25.4. The number of pyridine rings is 1. The standard InChI is InChI=1S/C29H29FN2O5/c30-24-8-6-21(23-3-1-10-31-29(23)32-11-2-13-35-14-12-32)22-7-9-25(28(22)24)37-19-4-5-20-18(15-27(33)34)17-36-26(20)16-19/h1,3-6,8,10,16,18,25H,2,7,9,11-15,17H2,(H,33,34)/t18?,25-/m1/s1. The lowest BCUT2D eigenvalue weighted by atomic mass is 9.96. The molecule has 3 aliphatic rings. The van der Waals surface area contributed by atoms with Gasteiger partial charge in [0.15, 0.2) is 0 Å². The normalized spacial score (nSPS) is 20.6. The lowest BCUT2D eigenvalue weighted by Crippen LogP contribution is -2.27. The number of carboxylic acids is 1. The molecular formula is C29H29FN2O5. The minimum Gasteiger partial charge on any atom is -0.492 e. The predicted octanol–water partition coefficient (Wildman–Crippen LogP) is 5.13. The average Bonchev–Trinajstić information content (AvgIpc) is 3.38. The van der Waals surface area contributed by atoms with Crippen molar-refractivity contribution >= 4 is 11.8 Å². The molecule has 1 aliphatic carbocycles. The van der Waals surface area contributed by atoms with Crippen molar-refractivity contribution < 1.29 is 28.5 Å². The number of aromatic nitrogens is 1. The topological polar surface area (TPSA) is 81.1 Å². The summed E-state index contributed by atoms with van der Waals surface area (Å²) >= 11 is 0. The number of carboxylic acid groups (broad SMARTS) is 1. The Kier molecular flexibility index (Phi) is 6.42. The van der Waals surface area contributed by atoms with E-state index in [1.54, 1.807) is 12.3 Å². The van der Waals surface area contributed by atoms with Gasteiger partial charge >= 0.3 is 5.97 Å². The monoisotopic (exact) mass is 504 g/mol. The molecule has 0 bridgehead atoms. The van der Waals surface area contributed by atoms with Crippen molar-refractivity contribution in [3.63, 3.8) is 0 Å². The maximum absolute atomic E-state index is 15.2. The predicted molar refractivity (Wildman–Crippen MR) is 136 cm³/mol. The molecule has 3 heterocycles. The highest BCUT2D eigenvalue weighted by Gasteiger charge is 2.32. The summed E-state index contributed by atoms with van der Waals surface area (Å²) in [5, 5.41) is 9.14. The number of anilines is 1. The van der Waals surface area contributed by atoms with Crippen molar-refractivity contribution in [3.8, 4) is 22.6 Å². The summed E-state index contributed by atoms with van der Waals surface area (Å²) in [6.45, 7) is 3.39. The van der Waals surface area contributed by atoms with Crippen LogP contribution in [0.25, 0.3) is 11.1 Å². The number of ether oxygens (including phenoxy) is 3. The van der Waals surface area contributed by atoms with Gasteiger partial charge in [0.25, 0.3) is 0 Å². The summed E-state index contributed by atoms with van der Waals surface area (Å²) in [6.07, 6.45) is 3.71. The first-order chi connectivity index (χ1) is 18.1. The molecule has 0 spiro atoms. The van der Waals surface area contributed by atoms with E-state index in [1.165, 1.54) is 6.07 Å². The Balaban J connectivity index is 1.29. The van der Waals surface area contributed by atoms with Crippen molar-refractivity contribution in [3.05, 3.63) is 71.2 Å². The van der Waals surface area contributed by atoms with Crippen LogP contribution in [0.1, 0.15) is 48.0 Å². The molecular weight excluding hydrogens is 475 g/mol. The molecule has 37 heavy (non-hydrogen) atoms. The summed E-state index contributed by atoms with van der Waals surface area (Å²) in [4.78, 5) is 18.1. The van der Waals surface area contributed by atoms with Crippen molar-refractivity contribution in [1.29, 1.82) is 0 Å². The maximum Gasteiger partial charge on any atom is 0.304 e. The van der Waals surface area contributed by atoms with Crippen LogP contribution in [0, 0.1) is 5.82 Å². The number of fused-ring (bicyclic) bond motifs is 2. The van der Waals surface area contributed by atoms with Crippen LogP contribution in [0.2, 0.25) is 0 Å². The first kappa shape index (κ1) is 23.7. The Morgan fingerprint density at radius 1 is 1.16 bits per heavy atom. The van der Waals surface area contributed by atoms with E-state index in [0.29, 0.717) is 43.1 Å². The summed E-state index contributed by atoms with van der Waals surface area (Å²) in [7, 11) is 0. The molecule has 1 N–H and O–H groups in total. The van der Waals surface area contributed by atoms with E-state index in [0.717, 1.165) is 54.2 Å². The Bertz CT molecular complexity index is 1320. The lowest BCUT2D eigenvalue weighted by molar-refractivity contribution is -0.137. The van der Waals surface area contributed by atoms with Gasteiger partial charge in [0.1, 0.15) is 29.2 Å². The second-order valence-corrected chi connectivity index (χ2v) is 9.77. The Morgan fingerprint density at radius 3 is 2.97 bits per heavy atom. The van der Waals surface area contributed by atoms with Gasteiger partial charge in [-0.05, 0) is 54.7 Å². The fourth-order valence-electron chi connectivity index (χ4n) is 5.73. The number of halogens is 1. The minimum absolute atomic E-state index is 0.0258. The summed E-state index contributed by atoms with van der Waals surface area (Å²) in [6, 6.07) is 12.8. The average molecular weight is 505 g/mol. The van der Waals surface area contributed by atoms with Crippen LogP contribution >= 0.6 is 0 Å². The van der Waals surface area contributed by atoms with E-state index >= 15 is 4.39 Å². The van der Waals surface area contributed by atoms with Crippen molar-refractivity contribution in [2.45, 2.75) is 37.7 Å². The molecule has 1 aromatic heterocycles. The molecule has 3 aromatic rings. The number of hydrogen-bond acceptors (Lipinski definition) is 6. The van der Waals surface area contributed by atoms with E-state index in [-0.39, 0.29) is 18.2 Å². The van der Waals surface area contributed by atoms with Crippen LogP contribution in [-0.4, -0.2) is 49.0 Å². The zero-order valence-electron chi connectivity index (χ0n) is 20.5. The van der Waals surface area contributed by atoms with Crippen LogP contribution in [0.15, 0.2) is 48.7 Å². The van der Waals surface area contributed by atoms with Gasteiger partial charge in [-0.3, -0.25) is 4.79 Å². The van der Waals surface area contributed by atoms with Gasteiger partial charge in [0.2, 0.25) is 0 Å². The van der Waals surface area contributed by atoms with Gasteiger partial charge < -0.3 is 24.2 Å². The zero-order valence-corrected chi connectivity index (χ0v) is 20.5. The van der Waals surface area contributed by atoms with E-state index < -0.39 is 12.1 Å². The molecule has 2 atom stereocenters. The highest BCUT2D eigenvalue weighted by molar-refractivity contribution is 5.79. The molecule has 7 nitrogen and oxygen atoms in total. The maximum atomic E-state index is 15.2. The Hall–Kier alpha value is -3.65. The molecule has 8 heteroatoms. The quantitative estimate of drug-likeness (QED) is 0.498. The molecule has 0 radical (unpaired) electrons. The third-order valence-corrected chi connectivity index (χ3v) is 7.45. The largest absolute Gasteiger partial charge is 0.492 e. The lowest BCUT2D eigenvalue weighted by Gasteiger charge is -2.24. The molecule has 1 unspecified atom stereocenters. The second kappa shape index (κ2) is 10.0. The molecule has 192 valence electrons. The third kappa shape index (κ3) is 4.62. The van der Waals surface area contributed by atoms with Crippen LogP contribution in [0.3, 0.4) is 0 Å². The van der Waals surface area contributed by atoms with Crippen molar-refractivity contribution in [2.75, 3.05) is 37.8 Å². The molecule has 2 aliphatic heterocycles. The number of aliphatic carboxylic acids is 1. The molecule has 1 fully saturated rings. The van der Waals surface area contributed by atoms with E-state index in [9.17, 15) is 4.79 Å². The number of benzene rings is 2. The van der Waals surface area contributed by atoms with Crippen LogP contribution in [0.5, 0.6) is 11.5 Å².